The van der Waals surface area contributed by atoms with Crippen LogP contribution in [0.5, 0.6) is 0 Å². The highest BCUT2D eigenvalue weighted by Crippen LogP contribution is 2.42. The normalized spacial score (nSPS) is 12.0. The summed E-state index contributed by atoms with van der Waals surface area (Å²) >= 11 is 0. The lowest BCUT2D eigenvalue weighted by Crippen LogP contribution is -2.74. The van der Waals surface area contributed by atoms with Gasteiger partial charge < -0.3 is 13.9 Å². The largest absolute Gasteiger partial charge is 0.310 e. The van der Waals surface area contributed by atoms with Crippen molar-refractivity contribution in [3.8, 4) is 16.8 Å². The summed E-state index contributed by atoms with van der Waals surface area (Å²) in [6, 6.07) is 101. The van der Waals surface area contributed by atoms with E-state index >= 15 is 0 Å². The molecule has 0 aliphatic carbocycles. The van der Waals surface area contributed by atoms with E-state index in [9.17, 15) is 0 Å². The summed E-state index contributed by atoms with van der Waals surface area (Å²) in [4.78, 5) is 2.43. The average Bonchev–Trinajstić information content (AvgIpc) is 4.08. The van der Waals surface area contributed by atoms with Crippen LogP contribution in [0.4, 0.5) is 17.1 Å². The van der Waals surface area contributed by atoms with Crippen molar-refractivity contribution in [2.45, 2.75) is 0 Å². The molecule has 4 heteroatoms. The molecule has 11 aromatic carbocycles. The number of anilines is 3. The van der Waals surface area contributed by atoms with E-state index in [1.807, 2.05) is 0 Å². The van der Waals surface area contributed by atoms with Crippen molar-refractivity contribution in [2.75, 3.05) is 4.90 Å². The number of benzene rings is 11. The fourth-order valence-corrected chi connectivity index (χ4v) is 16.5. The molecule has 0 atom stereocenters. The Kier molecular flexibility index (Phi) is 9.23. The lowest BCUT2D eigenvalue weighted by atomic mass is 10.0. The van der Waals surface area contributed by atoms with Crippen LogP contribution in [-0.4, -0.2) is 17.0 Å². The second-order valence-electron chi connectivity index (χ2n) is 18.5. The van der Waals surface area contributed by atoms with Crippen LogP contribution < -0.4 is 25.6 Å². The summed E-state index contributed by atoms with van der Waals surface area (Å²) in [6.07, 6.45) is 0. The Morgan fingerprint density at radius 2 is 0.714 bits per heavy atom. The zero-order valence-corrected chi connectivity index (χ0v) is 39.3. The van der Waals surface area contributed by atoms with Gasteiger partial charge in [-0.05, 0) is 105 Å². The third-order valence-electron chi connectivity index (χ3n) is 14.8. The van der Waals surface area contributed by atoms with E-state index in [0.29, 0.717) is 0 Å². The molecular weight excluding hydrogens is 863 g/mol. The van der Waals surface area contributed by atoms with Crippen molar-refractivity contribution in [3.05, 3.63) is 273 Å². The first-order valence-corrected chi connectivity index (χ1v) is 26.2. The summed E-state index contributed by atoms with van der Waals surface area (Å²) in [5.74, 6) is 0. The van der Waals surface area contributed by atoms with Crippen LogP contribution in [0.2, 0.25) is 0 Å². The number of rotatable bonds is 9. The summed E-state index contributed by atoms with van der Waals surface area (Å²) in [5.41, 5.74) is 13.0. The third-order valence-corrected chi connectivity index (χ3v) is 19.6. The zero-order chi connectivity index (χ0) is 46.2. The number of nitrogens with zero attached hydrogens (tertiary/aromatic N) is 3. The first-order chi connectivity index (χ1) is 34.7. The Morgan fingerprint density at radius 3 is 1.33 bits per heavy atom. The monoisotopic (exact) mass is 907 g/mol. The highest BCUT2D eigenvalue weighted by Gasteiger charge is 2.41. The van der Waals surface area contributed by atoms with Gasteiger partial charge in [0.05, 0.1) is 27.6 Å². The second-order valence-corrected chi connectivity index (χ2v) is 22.3. The molecule has 3 aromatic heterocycles. The van der Waals surface area contributed by atoms with Gasteiger partial charge in [-0.25, -0.2) is 0 Å². The molecule has 14 rings (SSSR count). The Labute approximate surface area is 407 Å². The van der Waals surface area contributed by atoms with Crippen molar-refractivity contribution in [2.24, 2.45) is 0 Å². The van der Waals surface area contributed by atoms with E-state index in [-0.39, 0.29) is 0 Å². The molecule has 0 bridgehead atoms. The molecule has 3 nitrogen and oxygen atoms in total. The maximum atomic E-state index is 2.47. The van der Waals surface area contributed by atoms with Crippen LogP contribution in [-0.2, 0) is 0 Å². The van der Waals surface area contributed by atoms with Gasteiger partial charge in [-0.3, -0.25) is 0 Å². The Balaban J connectivity index is 0.940. The molecular formula is C66H45N3Si. The van der Waals surface area contributed by atoms with Crippen LogP contribution in [0.3, 0.4) is 0 Å². The molecule has 328 valence electrons. The number of para-hydroxylation sites is 4. The predicted octanol–water partition coefficient (Wildman–Crippen LogP) is 14.4. The summed E-state index contributed by atoms with van der Waals surface area (Å²) in [5, 5.41) is 13.0. The molecule has 0 amide bonds. The van der Waals surface area contributed by atoms with Gasteiger partial charge in [0.15, 0.2) is 8.07 Å². The molecule has 14 aromatic rings. The molecule has 0 N–H and O–H groups in total. The molecule has 0 saturated carbocycles. The van der Waals surface area contributed by atoms with Gasteiger partial charge in [-0.15, -0.1) is 0 Å². The van der Waals surface area contributed by atoms with Crippen LogP contribution in [0.25, 0.3) is 76.7 Å². The van der Waals surface area contributed by atoms with Crippen molar-refractivity contribution in [1.29, 1.82) is 0 Å². The Bertz CT molecular complexity index is 4100. The fraction of sp³-hybridized carbons (Fsp3) is 0. The summed E-state index contributed by atoms with van der Waals surface area (Å²) in [6.45, 7) is 0. The van der Waals surface area contributed by atoms with Gasteiger partial charge in [-0.2, -0.15) is 0 Å². The molecule has 0 saturated heterocycles. The molecule has 3 heterocycles. The predicted molar refractivity (Wildman–Crippen MR) is 299 cm³/mol. The number of hydrogen-bond donors (Lipinski definition) is 0. The van der Waals surface area contributed by atoms with E-state index in [1.54, 1.807) is 0 Å². The van der Waals surface area contributed by atoms with E-state index < -0.39 is 8.07 Å². The van der Waals surface area contributed by atoms with Gasteiger partial charge in [-0.1, -0.05) is 200 Å². The zero-order valence-electron chi connectivity index (χ0n) is 38.3. The van der Waals surface area contributed by atoms with Crippen molar-refractivity contribution >= 4 is 106 Å². The van der Waals surface area contributed by atoms with E-state index in [0.717, 1.165) is 22.7 Å². The van der Waals surface area contributed by atoms with Crippen LogP contribution in [0.1, 0.15) is 0 Å². The van der Waals surface area contributed by atoms with Crippen LogP contribution >= 0.6 is 0 Å². The molecule has 0 aliphatic heterocycles. The molecule has 0 radical (unpaired) electrons. The van der Waals surface area contributed by atoms with E-state index in [4.69, 9.17) is 0 Å². The second kappa shape index (κ2) is 16.1. The quantitative estimate of drug-likeness (QED) is 0.104. The minimum Gasteiger partial charge on any atom is -0.310 e. The molecule has 0 fully saturated rings. The first-order valence-electron chi connectivity index (χ1n) is 24.2. The van der Waals surface area contributed by atoms with Gasteiger partial charge in [0.1, 0.15) is 0 Å². The highest BCUT2D eigenvalue weighted by atomic mass is 28.3. The smallest absolute Gasteiger partial charge is 0.179 e. The fourth-order valence-electron chi connectivity index (χ4n) is 11.7. The average molecular weight is 908 g/mol. The SMILES string of the molecule is c1ccc(-n2c3ccccc3c3cc(N(c4ccc(-c5ccc6c7cccc8c9ccccc9n(c6c5)c87)cc4)c4ccc([Si](c5ccccc5)(c5ccccc5)c5ccccc5)cc4)ccc32)cc1. The van der Waals surface area contributed by atoms with Gasteiger partial charge in [0.2, 0.25) is 0 Å². The number of fused-ring (bicyclic) bond motifs is 9. The first kappa shape index (κ1) is 40.1. The van der Waals surface area contributed by atoms with E-state index in [1.165, 1.54) is 91.8 Å². The maximum Gasteiger partial charge on any atom is 0.179 e. The van der Waals surface area contributed by atoms with Crippen LogP contribution in [0, 0.1) is 0 Å². The van der Waals surface area contributed by atoms with Gasteiger partial charge in [0, 0.05) is 55.1 Å². The summed E-state index contributed by atoms with van der Waals surface area (Å²) < 4.78 is 4.86. The van der Waals surface area contributed by atoms with Gasteiger partial charge in [0.25, 0.3) is 0 Å². The number of aromatic nitrogens is 2. The molecule has 0 spiro atoms. The van der Waals surface area contributed by atoms with Crippen molar-refractivity contribution < 1.29 is 0 Å². The molecule has 0 aliphatic rings. The summed E-state index contributed by atoms with van der Waals surface area (Å²) in [7, 11) is -2.73. The number of hydrogen-bond acceptors (Lipinski definition) is 1. The van der Waals surface area contributed by atoms with Crippen LogP contribution in [0.15, 0.2) is 273 Å². The Morgan fingerprint density at radius 1 is 0.271 bits per heavy atom. The van der Waals surface area contributed by atoms with Crippen molar-refractivity contribution in [1.82, 2.24) is 8.97 Å². The van der Waals surface area contributed by atoms with Crippen molar-refractivity contribution in [3.63, 3.8) is 0 Å². The minimum atomic E-state index is -2.73. The molecule has 70 heavy (non-hydrogen) atoms. The lowest BCUT2D eigenvalue weighted by Gasteiger charge is -2.35. The van der Waals surface area contributed by atoms with Gasteiger partial charge >= 0.3 is 0 Å². The topological polar surface area (TPSA) is 12.6 Å². The van der Waals surface area contributed by atoms with E-state index in [2.05, 4.69) is 287 Å². The molecule has 0 unspecified atom stereocenters. The standard InChI is InChI=1S/C66H45N3Si/c1-5-18-48(19-6-1)68-62-30-15-14-27-57(62)61-45-51(39-43-64(61)68)67(50-37-40-55(41-38-50)70(52-20-7-2-8-21-52,53-22-9-3-10-23-53)54-24-11-4-12-25-54)49-35-32-46(33-36-49)47-34-42-58-60-29-17-28-59-56-26-13-16-31-63(56)69(66(59)60)65(58)44-47/h1-45H. The Hall–Kier alpha value is -8.96. The minimum absolute atomic E-state index is 1.09. The lowest BCUT2D eigenvalue weighted by molar-refractivity contribution is 1.18. The third kappa shape index (κ3) is 6.07. The maximum absolute atomic E-state index is 2.73. The highest BCUT2D eigenvalue weighted by molar-refractivity contribution is 7.19.